The molecule has 0 aromatic carbocycles. The van der Waals surface area contributed by atoms with Crippen molar-refractivity contribution in [2.24, 2.45) is 0 Å². The van der Waals surface area contributed by atoms with Crippen molar-refractivity contribution >= 4 is 5.82 Å². The molecule has 2 rings (SSSR count). The van der Waals surface area contributed by atoms with Crippen LogP contribution in [-0.4, -0.2) is 48.2 Å². The molecule has 1 aromatic rings. The van der Waals surface area contributed by atoms with Crippen LogP contribution in [0.2, 0.25) is 0 Å². The molecule has 0 radical (unpaired) electrons. The number of likely N-dealkylation sites (N-methyl/N-ethyl adjacent to an activating group) is 1. The molecule has 1 aromatic heterocycles. The maximum absolute atomic E-state index is 9.15. The molecule has 0 amide bonds. The average Bonchev–Trinajstić information content (AvgIpc) is 2.39. The van der Waals surface area contributed by atoms with Crippen LogP contribution in [0.25, 0.3) is 0 Å². The van der Waals surface area contributed by atoms with Gasteiger partial charge in [0, 0.05) is 25.3 Å². The van der Waals surface area contributed by atoms with Gasteiger partial charge in [-0.2, -0.15) is 0 Å². The van der Waals surface area contributed by atoms with Crippen molar-refractivity contribution in [3.05, 3.63) is 23.9 Å². The van der Waals surface area contributed by atoms with E-state index in [2.05, 4.69) is 28.9 Å². The molecule has 4 heteroatoms. The smallest absolute Gasteiger partial charge is 0.128 e. The number of anilines is 1. The van der Waals surface area contributed by atoms with E-state index >= 15 is 0 Å². The zero-order valence-corrected chi connectivity index (χ0v) is 10.6. The minimum atomic E-state index is 0.0838. The summed E-state index contributed by atoms with van der Waals surface area (Å²) in [4.78, 5) is 8.99. The zero-order chi connectivity index (χ0) is 12.3. The van der Waals surface area contributed by atoms with E-state index in [1.54, 1.807) is 6.20 Å². The van der Waals surface area contributed by atoms with Gasteiger partial charge in [0.05, 0.1) is 6.61 Å². The lowest BCUT2D eigenvalue weighted by Gasteiger charge is -2.36. The minimum Gasteiger partial charge on any atom is -0.392 e. The van der Waals surface area contributed by atoms with Crippen LogP contribution in [0.15, 0.2) is 18.3 Å². The quantitative estimate of drug-likeness (QED) is 0.852. The fourth-order valence-corrected chi connectivity index (χ4v) is 2.32. The number of nitrogens with zero attached hydrogens (tertiary/aromatic N) is 3. The van der Waals surface area contributed by atoms with Crippen LogP contribution < -0.4 is 4.90 Å². The molecule has 0 aliphatic carbocycles. The summed E-state index contributed by atoms with van der Waals surface area (Å²) in [7, 11) is 4.26. The second-order valence-corrected chi connectivity index (χ2v) is 4.89. The first-order valence-corrected chi connectivity index (χ1v) is 6.18. The van der Waals surface area contributed by atoms with E-state index < -0.39 is 0 Å². The summed E-state index contributed by atoms with van der Waals surface area (Å²) in [5, 5.41) is 9.15. The molecule has 0 saturated carbocycles. The van der Waals surface area contributed by atoms with Gasteiger partial charge in [0.1, 0.15) is 5.82 Å². The third-order valence-electron chi connectivity index (χ3n) is 3.44. The van der Waals surface area contributed by atoms with Crippen LogP contribution >= 0.6 is 0 Å². The molecule has 1 fully saturated rings. The standard InChI is InChI=1S/C13H21N3O/c1-15(2)12-4-3-7-16(9-12)13-8-11(10-17)5-6-14-13/h5-6,8,12,17H,3-4,7,9-10H2,1-2H3. The SMILES string of the molecule is CN(C)C1CCCN(c2cc(CO)ccn2)C1. The molecule has 1 aliphatic rings. The Labute approximate surface area is 103 Å². The molecule has 17 heavy (non-hydrogen) atoms. The lowest BCUT2D eigenvalue weighted by Crippen LogP contribution is -2.45. The lowest BCUT2D eigenvalue weighted by molar-refractivity contribution is 0.257. The van der Waals surface area contributed by atoms with E-state index in [-0.39, 0.29) is 6.61 Å². The highest BCUT2D eigenvalue weighted by molar-refractivity contribution is 5.41. The molecule has 1 saturated heterocycles. The number of hydrogen-bond donors (Lipinski definition) is 1. The second kappa shape index (κ2) is 5.47. The molecule has 1 unspecified atom stereocenters. The summed E-state index contributed by atoms with van der Waals surface area (Å²) >= 11 is 0. The maximum Gasteiger partial charge on any atom is 0.128 e. The van der Waals surface area contributed by atoms with E-state index in [0.29, 0.717) is 6.04 Å². The summed E-state index contributed by atoms with van der Waals surface area (Å²) in [6.45, 7) is 2.17. The minimum absolute atomic E-state index is 0.0838. The average molecular weight is 235 g/mol. The van der Waals surface area contributed by atoms with E-state index in [0.717, 1.165) is 24.5 Å². The van der Waals surface area contributed by atoms with Gasteiger partial charge in [-0.05, 0) is 44.6 Å². The topological polar surface area (TPSA) is 39.6 Å². The Bertz CT molecular complexity index is 367. The van der Waals surface area contributed by atoms with E-state index in [9.17, 15) is 0 Å². The van der Waals surface area contributed by atoms with Crippen LogP contribution in [0, 0.1) is 0 Å². The first-order chi connectivity index (χ1) is 8.20. The predicted molar refractivity (Wildman–Crippen MR) is 69.1 cm³/mol. The normalized spacial score (nSPS) is 20.9. The molecule has 4 nitrogen and oxygen atoms in total. The number of hydrogen-bond acceptors (Lipinski definition) is 4. The first-order valence-electron chi connectivity index (χ1n) is 6.18. The molecule has 1 aliphatic heterocycles. The van der Waals surface area contributed by atoms with Crippen molar-refractivity contribution in [1.82, 2.24) is 9.88 Å². The van der Waals surface area contributed by atoms with Gasteiger partial charge in [-0.1, -0.05) is 0 Å². The monoisotopic (exact) mass is 235 g/mol. The van der Waals surface area contributed by atoms with E-state index in [1.165, 1.54) is 12.8 Å². The van der Waals surface area contributed by atoms with Gasteiger partial charge < -0.3 is 14.9 Å². The van der Waals surface area contributed by atoms with E-state index in [1.807, 2.05) is 12.1 Å². The molecule has 2 heterocycles. The third kappa shape index (κ3) is 2.96. The Balaban J connectivity index is 2.10. The predicted octanol–water partition coefficient (Wildman–Crippen LogP) is 1.10. The highest BCUT2D eigenvalue weighted by Gasteiger charge is 2.22. The summed E-state index contributed by atoms with van der Waals surface area (Å²) in [5.74, 6) is 0.989. The largest absolute Gasteiger partial charge is 0.392 e. The van der Waals surface area contributed by atoms with Crippen LogP contribution in [0.1, 0.15) is 18.4 Å². The molecule has 1 N–H and O–H groups in total. The highest BCUT2D eigenvalue weighted by Crippen LogP contribution is 2.20. The van der Waals surface area contributed by atoms with Gasteiger partial charge in [0.15, 0.2) is 0 Å². The van der Waals surface area contributed by atoms with Crippen LogP contribution in [0.4, 0.5) is 5.82 Å². The van der Waals surface area contributed by atoms with Gasteiger partial charge in [-0.25, -0.2) is 4.98 Å². The Morgan fingerprint density at radius 3 is 3.06 bits per heavy atom. The summed E-state index contributed by atoms with van der Waals surface area (Å²) in [5.41, 5.74) is 0.932. The Morgan fingerprint density at radius 1 is 1.53 bits per heavy atom. The molecule has 1 atom stereocenters. The number of pyridine rings is 1. The number of aromatic nitrogens is 1. The van der Waals surface area contributed by atoms with Crippen molar-refractivity contribution in [3.63, 3.8) is 0 Å². The summed E-state index contributed by atoms with van der Waals surface area (Å²) < 4.78 is 0. The van der Waals surface area contributed by atoms with Gasteiger partial charge in [0.25, 0.3) is 0 Å². The van der Waals surface area contributed by atoms with Crippen LogP contribution in [-0.2, 0) is 6.61 Å². The van der Waals surface area contributed by atoms with Gasteiger partial charge in [-0.3, -0.25) is 0 Å². The molecule has 0 bridgehead atoms. The Hall–Kier alpha value is -1.13. The van der Waals surface area contributed by atoms with E-state index in [4.69, 9.17) is 5.11 Å². The van der Waals surface area contributed by atoms with Gasteiger partial charge in [0.2, 0.25) is 0 Å². The molecular weight excluding hydrogens is 214 g/mol. The molecule has 0 spiro atoms. The summed E-state index contributed by atoms with van der Waals surface area (Å²) in [6.07, 6.45) is 4.23. The van der Waals surface area contributed by atoms with Crippen LogP contribution in [0.3, 0.4) is 0 Å². The molecule has 94 valence electrons. The second-order valence-electron chi connectivity index (χ2n) is 4.89. The van der Waals surface area contributed by atoms with Crippen molar-refractivity contribution in [2.45, 2.75) is 25.5 Å². The Morgan fingerprint density at radius 2 is 2.35 bits per heavy atom. The number of aliphatic hydroxyl groups is 1. The first kappa shape index (κ1) is 12.3. The van der Waals surface area contributed by atoms with Gasteiger partial charge >= 0.3 is 0 Å². The Kier molecular flexibility index (Phi) is 3.97. The number of rotatable bonds is 3. The lowest BCUT2D eigenvalue weighted by atomic mass is 10.0. The highest BCUT2D eigenvalue weighted by atomic mass is 16.3. The van der Waals surface area contributed by atoms with Crippen molar-refractivity contribution < 1.29 is 5.11 Å². The fourth-order valence-electron chi connectivity index (χ4n) is 2.32. The van der Waals surface area contributed by atoms with Crippen molar-refractivity contribution in [2.75, 3.05) is 32.1 Å². The number of piperidine rings is 1. The van der Waals surface area contributed by atoms with Crippen molar-refractivity contribution in [3.8, 4) is 0 Å². The summed E-state index contributed by atoms with van der Waals surface area (Å²) in [6, 6.07) is 4.44. The fraction of sp³-hybridized carbons (Fsp3) is 0.615. The van der Waals surface area contributed by atoms with Gasteiger partial charge in [-0.15, -0.1) is 0 Å². The van der Waals surface area contributed by atoms with Crippen LogP contribution in [0.5, 0.6) is 0 Å². The zero-order valence-electron chi connectivity index (χ0n) is 10.6. The molecular formula is C13H21N3O. The van der Waals surface area contributed by atoms with Crippen molar-refractivity contribution in [1.29, 1.82) is 0 Å². The number of aliphatic hydroxyl groups excluding tert-OH is 1. The maximum atomic E-state index is 9.15. The third-order valence-corrected chi connectivity index (χ3v) is 3.44.